The van der Waals surface area contributed by atoms with Crippen LogP contribution in [0.15, 0.2) is 30.3 Å². The van der Waals surface area contributed by atoms with Gasteiger partial charge in [-0.15, -0.1) is 0 Å². The molecule has 1 aliphatic rings. The second kappa shape index (κ2) is 7.04. The molecular weight excluding hydrogens is 288 g/mol. The van der Waals surface area contributed by atoms with Crippen molar-refractivity contribution in [2.75, 3.05) is 11.5 Å². The number of benzene rings is 1. The molecule has 21 heavy (non-hydrogen) atoms. The van der Waals surface area contributed by atoms with Crippen LogP contribution >= 0.6 is 0 Å². The lowest BCUT2D eigenvalue weighted by Crippen LogP contribution is -2.48. The molecule has 1 aromatic carbocycles. The predicted molar refractivity (Wildman–Crippen MR) is 82.6 cm³/mol. The zero-order chi connectivity index (χ0) is 15.3. The second-order valence-corrected chi connectivity index (χ2v) is 7.87. The Morgan fingerprint density at radius 2 is 1.86 bits per heavy atom. The molecule has 0 saturated carbocycles. The molecular formula is C15H22N2O3S. The van der Waals surface area contributed by atoms with Crippen molar-refractivity contribution in [3.63, 3.8) is 0 Å². The third-order valence-electron chi connectivity index (χ3n) is 3.82. The lowest BCUT2D eigenvalue weighted by atomic mass is 10.0. The molecule has 0 radical (unpaired) electrons. The van der Waals surface area contributed by atoms with Crippen LogP contribution in [0.5, 0.6) is 0 Å². The van der Waals surface area contributed by atoms with Gasteiger partial charge in [-0.05, 0) is 31.2 Å². The molecule has 1 aromatic rings. The van der Waals surface area contributed by atoms with E-state index in [4.69, 9.17) is 5.73 Å². The zero-order valence-electron chi connectivity index (χ0n) is 12.0. The normalized spacial score (nSPS) is 19.9. The number of nitrogens with one attached hydrogen (secondary N) is 1. The maximum atomic E-state index is 12.0. The van der Waals surface area contributed by atoms with Gasteiger partial charge in [-0.1, -0.05) is 30.3 Å². The van der Waals surface area contributed by atoms with Gasteiger partial charge in [-0.2, -0.15) is 0 Å². The average Bonchev–Trinajstić information content (AvgIpc) is 2.48. The molecule has 1 heterocycles. The minimum atomic E-state index is -2.90. The van der Waals surface area contributed by atoms with Gasteiger partial charge in [0.2, 0.25) is 5.91 Å². The van der Waals surface area contributed by atoms with E-state index in [1.807, 2.05) is 30.3 Å². The maximum absolute atomic E-state index is 12.0. The van der Waals surface area contributed by atoms with Gasteiger partial charge in [0.05, 0.1) is 17.5 Å². The van der Waals surface area contributed by atoms with E-state index >= 15 is 0 Å². The highest BCUT2D eigenvalue weighted by Crippen LogP contribution is 2.12. The van der Waals surface area contributed by atoms with Gasteiger partial charge < -0.3 is 11.1 Å². The number of rotatable bonds is 5. The first kappa shape index (κ1) is 16.0. The van der Waals surface area contributed by atoms with Gasteiger partial charge in [-0.25, -0.2) is 8.42 Å². The van der Waals surface area contributed by atoms with Crippen molar-refractivity contribution in [1.29, 1.82) is 0 Å². The summed E-state index contributed by atoms with van der Waals surface area (Å²) in [6.45, 7) is 0. The van der Waals surface area contributed by atoms with Crippen molar-refractivity contribution in [3.8, 4) is 0 Å². The van der Waals surface area contributed by atoms with E-state index in [-0.39, 0.29) is 23.5 Å². The Morgan fingerprint density at radius 1 is 1.24 bits per heavy atom. The molecule has 1 atom stereocenters. The van der Waals surface area contributed by atoms with Crippen LogP contribution in [0.3, 0.4) is 0 Å². The molecule has 6 heteroatoms. The molecule has 5 nitrogen and oxygen atoms in total. The lowest BCUT2D eigenvalue weighted by molar-refractivity contribution is -0.123. The number of nitrogens with two attached hydrogens (primary N) is 1. The van der Waals surface area contributed by atoms with Crippen LogP contribution in [-0.2, 0) is 21.1 Å². The van der Waals surface area contributed by atoms with Crippen molar-refractivity contribution in [1.82, 2.24) is 5.32 Å². The first-order valence-electron chi connectivity index (χ1n) is 7.26. The molecule has 0 aromatic heterocycles. The minimum absolute atomic E-state index is 0.0659. The van der Waals surface area contributed by atoms with Crippen molar-refractivity contribution in [2.24, 2.45) is 5.73 Å². The summed E-state index contributed by atoms with van der Waals surface area (Å²) in [5, 5.41) is 2.86. The fourth-order valence-corrected chi connectivity index (χ4v) is 3.93. The summed E-state index contributed by atoms with van der Waals surface area (Å²) in [6, 6.07) is 9.28. The van der Waals surface area contributed by atoms with E-state index in [9.17, 15) is 13.2 Å². The number of hydrogen-bond donors (Lipinski definition) is 2. The Labute approximate surface area is 125 Å². The van der Waals surface area contributed by atoms with Crippen LogP contribution in [-0.4, -0.2) is 37.9 Å². The van der Waals surface area contributed by atoms with Gasteiger partial charge in [-0.3, -0.25) is 4.79 Å². The van der Waals surface area contributed by atoms with Gasteiger partial charge in [0.25, 0.3) is 0 Å². The third kappa shape index (κ3) is 5.13. The number of carbonyl (C=O) groups is 1. The fourth-order valence-electron chi connectivity index (χ4n) is 2.44. The van der Waals surface area contributed by atoms with Crippen LogP contribution in [0.25, 0.3) is 0 Å². The van der Waals surface area contributed by atoms with Crippen LogP contribution in [0.1, 0.15) is 24.8 Å². The molecule has 1 fully saturated rings. The maximum Gasteiger partial charge on any atom is 0.237 e. The van der Waals surface area contributed by atoms with Crippen LogP contribution in [0.4, 0.5) is 0 Å². The Balaban J connectivity index is 1.75. The van der Waals surface area contributed by atoms with Gasteiger partial charge in [0, 0.05) is 6.04 Å². The summed E-state index contributed by atoms with van der Waals surface area (Å²) in [7, 11) is -2.90. The highest BCUT2D eigenvalue weighted by atomic mass is 32.2. The smallest absolute Gasteiger partial charge is 0.237 e. The SMILES string of the molecule is NC(CCc1ccccc1)C(=O)NC1CCS(=O)(=O)CC1. The number of sulfone groups is 1. The minimum Gasteiger partial charge on any atom is -0.352 e. The Morgan fingerprint density at radius 3 is 2.48 bits per heavy atom. The summed E-state index contributed by atoms with van der Waals surface area (Å²) < 4.78 is 22.7. The molecule has 0 bridgehead atoms. The van der Waals surface area contributed by atoms with E-state index in [1.54, 1.807) is 0 Å². The summed E-state index contributed by atoms with van der Waals surface area (Å²) >= 11 is 0. The monoisotopic (exact) mass is 310 g/mol. The molecule has 1 unspecified atom stereocenters. The van der Waals surface area contributed by atoms with E-state index in [0.29, 0.717) is 19.3 Å². The second-order valence-electron chi connectivity index (χ2n) is 5.57. The summed E-state index contributed by atoms with van der Waals surface area (Å²) in [5.74, 6) is 0.115. The molecule has 0 spiro atoms. The topological polar surface area (TPSA) is 89.3 Å². The highest BCUT2D eigenvalue weighted by Gasteiger charge is 2.26. The number of carbonyl (C=O) groups excluding carboxylic acids is 1. The van der Waals surface area contributed by atoms with Gasteiger partial charge in [0.1, 0.15) is 9.84 Å². The van der Waals surface area contributed by atoms with E-state index in [0.717, 1.165) is 12.0 Å². The van der Waals surface area contributed by atoms with Crippen LogP contribution < -0.4 is 11.1 Å². The van der Waals surface area contributed by atoms with Crippen molar-refractivity contribution < 1.29 is 13.2 Å². The van der Waals surface area contributed by atoms with Gasteiger partial charge in [0.15, 0.2) is 0 Å². The lowest BCUT2D eigenvalue weighted by Gasteiger charge is -2.24. The number of hydrogen-bond acceptors (Lipinski definition) is 4. The van der Waals surface area contributed by atoms with Crippen LogP contribution in [0, 0.1) is 0 Å². The largest absolute Gasteiger partial charge is 0.352 e. The predicted octanol–water partition coefficient (Wildman–Crippen LogP) is 0.640. The molecule has 2 rings (SSSR count). The van der Waals surface area contributed by atoms with E-state index in [1.165, 1.54) is 0 Å². The van der Waals surface area contributed by atoms with Crippen LogP contribution in [0.2, 0.25) is 0 Å². The quantitative estimate of drug-likeness (QED) is 0.835. The first-order chi connectivity index (χ1) is 9.96. The first-order valence-corrected chi connectivity index (χ1v) is 9.09. The van der Waals surface area contributed by atoms with E-state index < -0.39 is 15.9 Å². The molecule has 1 amide bonds. The number of amides is 1. The molecule has 1 saturated heterocycles. The molecule has 0 aliphatic carbocycles. The summed E-state index contributed by atoms with van der Waals surface area (Å²) in [6.07, 6.45) is 2.31. The Kier molecular flexibility index (Phi) is 5.36. The fraction of sp³-hybridized carbons (Fsp3) is 0.533. The number of aryl methyl sites for hydroxylation is 1. The molecule has 3 N–H and O–H groups in total. The Bertz CT molecular complexity index is 558. The average molecular weight is 310 g/mol. The highest BCUT2D eigenvalue weighted by molar-refractivity contribution is 7.91. The van der Waals surface area contributed by atoms with E-state index in [2.05, 4.69) is 5.32 Å². The zero-order valence-corrected chi connectivity index (χ0v) is 12.8. The van der Waals surface area contributed by atoms with Crippen molar-refractivity contribution in [3.05, 3.63) is 35.9 Å². The van der Waals surface area contributed by atoms with Crippen molar-refractivity contribution >= 4 is 15.7 Å². The Hall–Kier alpha value is -1.40. The molecule has 1 aliphatic heterocycles. The van der Waals surface area contributed by atoms with Gasteiger partial charge >= 0.3 is 0 Å². The standard InChI is InChI=1S/C15H22N2O3S/c16-14(7-6-12-4-2-1-3-5-12)15(18)17-13-8-10-21(19,20)11-9-13/h1-5,13-14H,6-11,16H2,(H,17,18). The van der Waals surface area contributed by atoms with Crippen molar-refractivity contribution in [2.45, 2.75) is 37.8 Å². The third-order valence-corrected chi connectivity index (χ3v) is 5.54. The molecule has 116 valence electrons. The summed E-state index contributed by atoms with van der Waals surface area (Å²) in [5.41, 5.74) is 7.06. The summed E-state index contributed by atoms with van der Waals surface area (Å²) in [4.78, 5) is 12.0.